The highest BCUT2D eigenvalue weighted by molar-refractivity contribution is 7.89. The molecule has 130 valence electrons. The van der Waals surface area contributed by atoms with E-state index in [0.29, 0.717) is 36.0 Å². The van der Waals surface area contributed by atoms with E-state index in [1.54, 1.807) is 25.6 Å². The predicted molar refractivity (Wildman–Crippen MR) is 84.5 cm³/mol. The number of aromatic nitrogens is 2. The van der Waals surface area contributed by atoms with Crippen molar-refractivity contribution in [3.8, 4) is 0 Å². The van der Waals surface area contributed by atoms with Gasteiger partial charge in [0, 0.05) is 19.5 Å². The highest BCUT2D eigenvalue weighted by Gasteiger charge is 2.44. The summed E-state index contributed by atoms with van der Waals surface area (Å²) in [7, 11) is -1.90. The molecule has 2 aliphatic rings. The van der Waals surface area contributed by atoms with Crippen LogP contribution in [0.1, 0.15) is 30.7 Å². The number of nitrogens with zero attached hydrogens (tertiary/aromatic N) is 3. The maximum atomic E-state index is 13.3. The van der Waals surface area contributed by atoms with E-state index in [1.165, 1.54) is 4.31 Å². The van der Waals surface area contributed by atoms with E-state index in [9.17, 15) is 13.5 Å². The fourth-order valence-electron chi connectivity index (χ4n) is 3.91. The first-order chi connectivity index (χ1) is 10.8. The minimum absolute atomic E-state index is 0.0534. The highest BCUT2D eigenvalue weighted by Crippen LogP contribution is 2.35. The first kappa shape index (κ1) is 16.9. The predicted octanol–water partition coefficient (Wildman–Crippen LogP) is 0.587. The molecule has 0 aromatic carbocycles. The molecule has 0 spiro atoms. The van der Waals surface area contributed by atoms with Gasteiger partial charge < -0.3 is 9.84 Å². The number of aliphatic hydroxyl groups excluding tert-OH is 1. The Morgan fingerprint density at radius 1 is 1.30 bits per heavy atom. The summed E-state index contributed by atoms with van der Waals surface area (Å²) in [5.74, 6) is -0.0534. The third-order valence-electron chi connectivity index (χ3n) is 5.15. The summed E-state index contributed by atoms with van der Waals surface area (Å²) in [6.45, 7) is 4.55. The molecule has 0 radical (unpaired) electrons. The van der Waals surface area contributed by atoms with Gasteiger partial charge in [0.1, 0.15) is 4.90 Å². The molecule has 0 unspecified atom stereocenters. The summed E-state index contributed by atoms with van der Waals surface area (Å²) in [4.78, 5) is 0.291. The van der Waals surface area contributed by atoms with Crippen molar-refractivity contribution in [2.24, 2.45) is 13.0 Å². The second-order valence-electron chi connectivity index (χ2n) is 6.54. The van der Waals surface area contributed by atoms with Crippen molar-refractivity contribution in [2.45, 2.75) is 50.2 Å². The van der Waals surface area contributed by atoms with Crippen LogP contribution in [0.25, 0.3) is 0 Å². The molecular weight excluding hydrogens is 318 g/mol. The van der Waals surface area contributed by atoms with Crippen molar-refractivity contribution < 1.29 is 18.3 Å². The van der Waals surface area contributed by atoms with Crippen molar-refractivity contribution in [1.29, 1.82) is 0 Å². The van der Waals surface area contributed by atoms with Crippen molar-refractivity contribution in [3.63, 3.8) is 0 Å². The van der Waals surface area contributed by atoms with Crippen LogP contribution < -0.4 is 0 Å². The maximum Gasteiger partial charge on any atom is 0.247 e. The van der Waals surface area contributed by atoms with Crippen LogP contribution in [-0.2, 0) is 21.8 Å². The molecule has 1 aliphatic carbocycles. The van der Waals surface area contributed by atoms with E-state index in [2.05, 4.69) is 5.10 Å². The van der Waals surface area contributed by atoms with Crippen LogP contribution in [0.15, 0.2) is 4.90 Å². The smallest absolute Gasteiger partial charge is 0.247 e. The molecule has 23 heavy (non-hydrogen) atoms. The van der Waals surface area contributed by atoms with Gasteiger partial charge in [-0.2, -0.15) is 9.40 Å². The lowest BCUT2D eigenvalue weighted by Crippen LogP contribution is -2.53. The average molecular weight is 343 g/mol. The number of morpholine rings is 1. The molecule has 3 rings (SSSR count). The molecular formula is C15H25N3O4S. The Balaban J connectivity index is 1.99. The van der Waals surface area contributed by atoms with Crippen LogP contribution in [0.2, 0.25) is 0 Å². The van der Waals surface area contributed by atoms with Crippen molar-refractivity contribution in [1.82, 2.24) is 14.1 Å². The molecule has 0 amide bonds. The molecule has 1 aliphatic heterocycles. The zero-order valence-corrected chi connectivity index (χ0v) is 14.7. The molecule has 7 nitrogen and oxygen atoms in total. The van der Waals surface area contributed by atoms with Gasteiger partial charge in [0.2, 0.25) is 10.0 Å². The van der Waals surface area contributed by atoms with Crippen LogP contribution in [-0.4, -0.2) is 59.5 Å². The molecule has 1 aromatic rings. The number of aryl methyl sites for hydroxylation is 2. The van der Waals surface area contributed by atoms with Gasteiger partial charge in [-0.25, -0.2) is 8.42 Å². The number of hydrogen-bond donors (Lipinski definition) is 1. The Morgan fingerprint density at radius 2 is 2.04 bits per heavy atom. The Kier molecular flexibility index (Phi) is 4.52. The third kappa shape index (κ3) is 2.82. The fraction of sp³-hybridized carbons (Fsp3) is 0.800. The van der Waals surface area contributed by atoms with Gasteiger partial charge in [-0.3, -0.25) is 4.68 Å². The fourth-order valence-corrected chi connectivity index (χ4v) is 5.95. The summed E-state index contributed by atoms with van der Waals surface area (Å²) >= 11 is 0. The summed E-state index contributed by atoms with van der Waals surface area (Å²) in [5.41, 5.74) is 1.15. The zero-order chi connectivity index (χ0) is 16.8. The van der Waals surface area contributed by atoms with Gasteiger partial charge in [0.25, 0.3) is 0 Å². The lowest BCUT2D eigenvalue weighted by Gasteiger charge is -2.39. The molecule has 1 saturated heterocycles. The van der Waals surface area contributed by atoms with Crippen LogP contribution >= 0.6 is 0 Å². The zero-order valence-electron chi connectivity index (χ0n) is 13.9. The van der Waals surface area contributed by atoms with Crippen molar-refractivity contribution in [3.05, 3.63) is 11.4 Å². The first-order valence-corrected chi connectivity index (χ1v) is 9.56. The monoisotopic (exact) mass is 343 g/mol. The van der Waals surface area contributed by atoms with Gasteiger partial charge in [-0.15, -0.1) is 0 Å². The van der Waals surface area contributed by atoms with Crippen LogP contribution in [0.5, 0.6) is 0 Å². The molecule has 1 saturated carbocycles. The Morgan fingerprint density at radius 3 is 2.61 bits per heavy atom. The van der Waals surface area contributed by atoms with E-state index in [1.807, 2.05) is 0 Å². The van der Waals surface area contributed by atoms with Gasteiger partial charge in [0.05, 0.1) is 36.7 Å². The number of rotatable bonds is 3. The Labute approximate surface area is 137 Å². The first-order valence-electron chi connectivity index (χ1n) is 8.12. The van der Waals surface area contributed by atoms with Gasteiger partial charge in [-0.05, 0) is 26.7 Å². The number of ether oxygens (including phenoxy) is 1. The molecule has 2 fully saturated rings. The molecule has 8 heteroatoms. The van der Waals surface area contributed by atoms with E-state index in [0.717, 1.165) is 19.3 Å². The Hall–Kier alpha value is -0.960. The second kappa shape index (κ2) is 6.16. The lowest BCUT2D eigenvalue weighted by molar-refractivity contribution is -0.0148. The largest absolute Gasteiger partial charge is 0.393 e. The number of hydrogen-bond acceptors (Lipinski definition) is 5. The molecule has 1 N–H and O–H groups in total. The normalized spacial score (nSPS) is 30.0. The SMILES string of the molecule is Cc1nn(C)c(C)c1S(=O)(=O)N1CCOC[C@@H]1[C@@H]1CCC[C@@H]1O. The number of aliphatic hydroxyl groups is 1. The highest BCUT2D eigenvalue weighted by atomic mass is 32.2. The summed E-state index contributed by atoms with van der Waals surface area (Å²) < 4.78 is 35.2. The second-order valence-corrected chi connectivity index (χ2v) is 8.37. The average Bonchev–Trinajstić information content (AvgIpc) is 3.03. The lowest BCUT2D eigenvalue weighted by atomic mass is 9.96. The minimum Gasteiger partial charge on any atom is -0.393 e. The summed E-state index contributed by atoms with van der Waals surface area (Å²) in [6.07, 6.45) is 2.06. The van der Waals surface area contributed by atoms with Crippen molar-refractivity contribution >= 4 is 10.0 Å². The van der Waals surface area contributed by atoms with E-state index in [4.69, 9.17) is 4.74 Å². The molecule has 3 atom stereocenters. The van der Waals surface area contributed by atoms with E-state index in [-0.39, 0.29) is 12.0 Å². The molecule has 1 aromatic heterocycles. The standard InChI is InChI=1S/C15H25N3O4S/c1-10-15(11(2)17(3)16-10)23(20,21)18-7-8-22-9-13(18)12-5-4-6-14(12)19/h12-14,19H,4-9H2,1-3H3/t12-,13+,14-/m0/s1. The topological polar surface area (TPSA) is 84.7 Å². The van der Waals surface area contributed by atoms with Crippen LogP contribution in [0, 0.1) is 19.8 Å². The van der Waals surface area contributed by atoms with Crippen LogP contribution in [0.4, 0.5) is 0 Å². The van der Waals surface area contributed by atoms with Gasteiger partial charge >= 0.3 is 0 Å². The minimum atomic E-state index is -3.65. The Bertz CT molecular complexity index is 685. The summed E-state index contributed by atoms with van der Waals surface area (Å²) in [6, 6.07) is -0.301. The van der Waals surface area contributed by atoms with E-state index < -0.39 is 16.1 Å². The van der Waals surface area contributed by atoms with Gasteiger partial charge in [-0.1, -0.05) is 6.42 Å². The maximum absolute atomic E-state index is 13.3. The number of sulfonamides is 1. The third-order valence-corrected chi connectivity index (χ3v) is 7.33. The molecule has 2 heterocycles. The summed E-state index contributed by atoms with van der Waals surface area (Å²) in [5, 5.41) is 14.5. The van der Waals surface area contributed by atoms with E-state index >= 15 is 0 Å². The van der Waals surface area contributed by atoms with Crippen LogP contribution in [0.3, 0.4) is 0 Å². The van der Waals surface area contributed by atoms with Gasteiger partial charge in [0.15, 0.2) is 0 Å². The van der Waals surface area contributed by atoms with Crippen molar-refractivity contribution in [2.75, 3.05) is 19.8 Å². The quantitative estimate of drug-likeness (QED) is 0.868. The molecule has 0 bridgehead atoms.